The van der Waals surface area contributed by atoms with Crippen LogP contribution in [0.15, 0.2) is 73.1 Å². The molecule has 1 N–H and O–H groups in total. The Morgan fingerprint density at radius 2 is 1.72 bits per heavy atom. The van der Waals surface area contributed by atoms with Gasteiger partial charge in [0.2, 0.25) is 0 Å². The lowest BCUT2D eigenvalue weighted by Crippen LogP contribution is -2.45. The molecule has 1 aromatic heterocycles. The van der Waals surface area contributed by atoms with Gasteiger partial charge in [-0.15, -0.1) is 0 Å². The van der Waals surface area contributed by atoms with Crippen LogP contribution in [0.3, 0.4) is 0 Å². The number of amides is 1. The number of aromatic nitrogens is 1. The smallest absolute Gasteiger partial charge is 0.265 e. The molecule has 2 heterocycles. The molecule has 3 aromatic rings. The number of carbonyl (C=O) groups is 1. The maximum atomic E-state index is 13.2. The van der Waals surface area contributed by atoms with Crippen molar-refractivity contribution in [3.63, 3.8) is 0 Å². The number of fused-ring (bicyclic) bond motifs is 1. The molecule has 0 bridgehead atoms. The summed E-state index contributed by atoms with van der Waals surface area (Å²) >= 11 is 0. The van der Waals surface area contributed by atoms with Crippen molar-refractivity contribution in [3.05, 3.63) is 89.7 Å². The lowest BCUT2D eigenvalue weighted by atomic mass is 9.94. The summed E-state index contributed by atoms with van der Waals surface area (Å²) in [7, 11) is 1.51. The number of carbonyl (C=O) groups excluding carboxylic acids is 1. The Balaban J connectivity index is 2.03. The number of pyridine rings is 1. The van der Waals surface area contributed by atoms with Crippen LogP contribution in [0.1, 0.15) is 21.5 Å². The van der Waals surface area contributed by atoms with Crippen molar-refractivity contribution in [2.45, 2.75) is 5.72 Å². The lowest BCUT2D eigenvalue weighted by molar-refractivity contribution is 0.0703. The van der Waals surface area contributed by atoms with E-state index >= 15 is 0 Å². The summed E-state index contributed by atoms with van der Waals surface area (Å²) in [5, 5.41) is 11.7. The highest BCUT2D eigenvalue weighted by atomic mass is 16.5. The standard InChI is InChI=1S/C20H16N2O3/c1-25-17-9-5-8-16-18(17)19(23)22(15-6-3-2-4-7-15)20(16,24)14-10-12-21-13-11-14/h2-13,24H,1H3. The summed E-state index contributed by atoms with van der Waals surface area (Å²) in [6, 6.07) is 17.8. The first-order valence-electron chi connectivity index (χ1n) is 7.88. The Morgan fingerprint density at radius 3 is 2.40 bits per heavy atom. The van der Waals surface area contributed by atoms with Gasteiger partial charge in [0.25, 0.3) is 5.91 Å². The normalized spacial score (nSPS) is 19.0. The molecule has 5 nitrogen and oxygen atoms in total. The molecule has 4 rings (SSSR count). The maximum absolute atomic E-state index is 13.2. The highest BCUT2D eigenvalue weighted by Crippen LogP contribution is 2.47. The molecule has 0 radical (unpaired) electrons. The molecule has 0 saturated carbocycles. The maximum Gasteiger partial charge on any atom is 0.265 e. The number of para-hydroxylation sites is 1. The molecule has 2 aromatic carbocycles. The molecule has 124 valence electrons. The Labute approximate surface area is 145 Å². The van der Waals surface area contributed by atoms with Gasteiger partial charge in [-0.2, -0.15) is 0 Å². The number of nitrogens with zero attached hydrogens (tertiary/aromatic N) is 2. The Morgan fingerprint density at radius 1 is 1.00 bits per heavy atom. The third kappa shape index (κ3) is 2.13. The average Bonchev–Trinajstić information content (AvgIpc) is 2.91. The molecule has 0 spiro atoms. The SMILES string of the molecule is COc1cccc2c1C(=O)N(c1ccccc1)C2(O)c1ccncc1. The molecule has 25 heavy (non-hydrogen) atoms. The van der Waals surface area contributed by atoms with E-state index in [-0.39, 0.29) is 5.91 Å². The van der Waals surface area contributed by atoms with Gasteiger partial charge in [0.15, 0.2) is 5.72 Å². The van der Waals surface area contributed by atoms with Gasteiger partial charge < -0.3 is 9.84 Å². The summed E-state index contributed by atoms with van der Waals surface area (Å²) < 4.78 is 5.37. The topological polar surface area (TPSA) is 62.7 Å². The minimum absolute atomic E-state index is 0.307. The molecule has 0 aliphatic carbocycles. The van der Waals surface area contributed by atoms with Gasteiger partial charge in [0.05, 0.1) is 12.7 Å². The van der Waals surface area contributed by atoms with E-state index in [1.54, 1.807) is 54.9 Å². The zero-order valence-electron chi connectivity index (χ0n) is 13.6. The molecule has 0 fully saturated rings. The van der Waals surface area contributed by atoms with Crippen molar-refractivity contribution in [1.29, 1.82) is 0 Å². The van der Waals surface area contributed by atoms with E-state index in [0.29, 0.717) is 28.1 Å². The highest BCUT2D eigenvalue weighted by Gasteiger charge is 2.52. The van der Waals surface area contributed by atoms with Crippen molar-refractivity contribution in [2.75, 3.05) is 12.0 Å². The fourth-order valence-electron chi connectivity index (χ4n) is 3.34. The number of hydrogen-bond acceptors (Lipinski definition) is 4. The first-order chi connectivity index (χ1) is 12.2. The number of hydrogen-bond donors (Lipinski definition) is 1. The molecular formula is C20H16N2O3. The molecule has 1 aliphatic rings. The summed E-state index contributed by atoms with van der Waals surface area (Å²) in [5.41, 5.74) is 0.391. The molecule has 0 saturated heterocycles. The van der Waals surface area contributed by atoms with Crippen molar-refractivity contribution < 1.29 is 14.6 Å². The van der Waals surface area contributed by atoms with E-state index in [4.69, 9.17) is 4.74 Å². The van der Waals surface area contributed by atoms with Crippen molar-refractivity contribution >= 4 is 11.6 Å². The van der Waals surface area contributed by atoms with Gasteiger partial charge in [-0.05, 0) is 30.3 Å². The van der Waals surface area contributed by atoms with Crippen LogP contribution in [0.4, 0.5) is 5.69 Å². The zero-order valence-corrected chi connectivity index (χ0v) is 13.6. The van der Waals surface area contributed by atoms with Crippen LogP contribution in [0.5, 0.6) is 5.75 Å². The molecule has 1 atom stereocenters. The van der Waals surface area contributed by atoms with E-state index in [9.17, 15) is 9.90 Å². The molecule has 5 heteroatoms. The molecule has 1 unspecified atom stereocenters. The highest BCUT2D eigenvalue weighted by molar-refractivity contribution is 6.14. The van der Waals surface area contributed by atoms with Crippen LogP contribution in [-0.4, -0.2) is 23.1 Å². The quantitative estimate of drug-likeness (QED) is 0.801. The second kappa shape index (κ2) is 5.72. The number of aliphatic hydroxyl groups is 1. The predicted molar refractivity (Wildman–Crippen MR) is 93.5 cm³/mol. The van der Waals surface area contributed by atoms with Gasteiger partial charge in [0, 0.05) is 29.2 Å². The first kappa shape index (κ1) is 15.4. The number of benzene rings is 2. The number of rotatable bonds is 3. The summed E-state index contributed by atoms with van der Waals surface area (Å²) in [5.74, 6) is 0.131. The second-order valence-electron chi connectivity index (χ2n) is 5.77. The zero-order chi connectivity index (χ0) is 17.4. The van der Waals surface area contributed by atoms with Crippen LogP contribution < -0.4 is 9.64 Å². The van der Waals surface area contributed by atoms with Crippen molar-refractivity contribution in [1.82, 2.24) is 4.98 Å². The number of ether oxygens (including phenoxy) is 1. The van der Waals surface area contributed by atoms with E-state index in [1.165, 1.54) is 12.0 Å². The fraction of sp³-hybridized carbons (Fsp3) is 0.100. The van der Waals surface area contributed by atoms with Gasteiger partial charge in [-0.1, -0.05) is 30.3 Å². The number of methoxy groups -OCH3 is 1. The molecular weight excluding hydrogens is 316 g/mol. The van der Waals surface area contributed by atoms with Gasteiger partial charge >= 0.3 is 0 Å². The van der Waals surface area contributed by atoms with E-state index in [2.05, 4.69) is 4.98 Å². The minimum Gasteiger partial charge on any atom is -0.496 e. The van der Waals surface area contributed by atoms with Gasteiger partial charge in [0.1, 0.15) is 5.75 Å². The summed E-state index contributed by atoms with van der Waals surface area (Å²) in [4.78, 5) is 18.6. The van der Waals surface area contributed by atoms with Gasteiger partial charge in [-0.3, -0.25) is 14.7 Å². The second-order valence-corrected chi connectivity index (χ2v) is 5.77. The third-order valence-corrected chi connectivity index (χ3v) is 4.46. The van der Waals surface area contributed by atoms with Crippen LogP contribution in [0.2, 0.25) is 0 Å². The number of anilines is 1. The molecule has 1 aliphatic heterocycles. The van der Waals surface area contributed by atoms with E-state index in [1.807, 2.05) is 18.2 Å². The fourth-order valence-corrected chi connectivity index (χ4v) is 3.34. The first-order valence-corrected chi connectivity index (χ1v) is 7.88. The van der Waals surface area contributed by atoms with E-state index in [0.717, 1.165) is 0 Å². The minimum atomic E-state index is -1.63. The monoisotopic (exact) mass is 332 g/mol. The van der Waals surface area contributed by atoms with E-state index < -0.39 is 5.72 Å². The van der Waals surface area contributed by atoms with Crippen LogP contribution in [-0.2, 0) is 5.72 Å². The lowest BCUT2D eigenvalue weighted by Gasteiger charge is -2.34. The molecule has 1 amide bonds. The van der Waals surface area contributed by atoms with Gasteiger partial charge in [-0.25, -0.2) is 0 Å². The Kier molecular flexibility index (Phi) is 3.51. The van der Waals surface area contributed by atoms with Crippen LogP contribution in [0.25, 0.3) is 0 Å². The van der Waals surface area contributed by atoms with Crippen LogP contribution >= 0.6 is 0 Å². The third-order valence-electron chi connectivity index (χ3n) is 4.46. The predicted octanol–water partition coefficient (Wildman–Crippen LogP) is 2.94. The average molecular weight is 332 g/mol. The largest absolute Gasteiger partial charge is 0.496 e. The van der Waals surface area contributed by atoms with Crippen LogP contribution in [0, 0.1) is 0 Å². The summed E-state index contributed by atoms with van der Waals surface area (Å²) in [6.45, 7) is 0. The Bertz CT molecular complexity index is 928. The summed E-state index contributed by atoms with van der Waals surface area (Å²) in [6.07, 6.45) is 3.19. The van der Waals surface area contributed by atoms with Crippen molar-refractivity contribution in [2.24, 2.45) is 0 Å². The Hall–Kier alpha value is -3.18. The van der Waals surface area contributed by atoms with Crippen molar-refractivity contribution in [3.8, 4) is 5.75 Å².